The van der Waals surface area contributed by atoms with E-state index >= 15 is 0 Å². The molecule has 2 heterocycles. The summed E-state index contributed by atoms with van der Waals surface area (Å²) in [6.45, 7) is 3.18. The zero-order valence-corrected chi connectivity index (χ0v) is 10.3. The largest absolute Gasteiger partial charge is 0.310 e. The van der Waals surface area contributed by atoms with Crippen molar-refractivity contribution < 1.29 is 0 Å². The summed E-state index contributed by atoms with van der Waals surface area (Å²) < 4.78 is 0. The van der Waals surface area contributed by atoms with Gasteiger partial charge in [-0.15, -0.1) is 11.3 Å². The molecule has 0 saturated heterocycles. The molecule has 0 aromatic carbocycles. The minimum atomic E-state index is 0.440. The Balaban J connectivity index is 1.74. The fraction of sp³-hybridized carbons (Fsp3) is 0.364. The second-order valence-electron chi connectivity index (χ2n) is 3.46. The van der Waals surface area contributed by atoms with Crippen molar-refractivity contribution in [3.8, 4) is 0 Å². The van der Waals surface area contributed by atoms with E-state index in [4.69, 9.17) is 0 Å². The van der Waals surface area contributed by atoms with Gasteiger partial charge in [-0.05, 0) is 29.3 Å². The van der Waals surface area contributed by atoms with Crippen molar-refractivity contribution >= 4 is 22.7 Å². The number of aromatic nitrogens is 1. The van der Waals surface area contributed by atoms with Crippen LogP contribution in [-0.4, -0.2) is 11.5 Å². The van der Waals surface area contributed by atoms with Crippen molar-refractivity contribution in [1.82, 2.24) is 10.3 Å². The van der Waals surface area contributed by atoms with Gasteiger partial charge >= 0.3 is 0 Å². The number of nitrogens with zero attached hydrogens (tertiary/aromatic N) is 1. The van der Waals surface area contributed by atoms with Crippen molar-refractivity contribution in [2.24, 2.45) is 0 Å². The molecule has 0 amide bonds. The average molecular weight is 238 g/mol. The highest BCUT2D eigenvalue weighted by Gasteiger charge is 2.04. The lowest BCUT2D eigenvalue weighted by Crippen LogP contribution is -2.20. The predicted molar refractivity (Wildman–Crippen MR) is 66.6 cm³/mol. The molecule has 15 heavy (non-hydrogen) atoms. The van der Waals surface area contributed by atoms with E-state index < -0.39 is 0 Å². The first kappa shape index (κ1) is 10.8. The van der Waals surface area contributed by atoms with Crippen LogP contribution in [0.25, 0.3) is 0 Å². The normalized spacial score (nSPS) is 12.9. The van der Waals surface area contributed by atoms with Gasteiger partial charge in [0.25, 0.3) is 0 Å². The number of hydrogen-bond acceptors (Lipinski definition) is 4. The van der Waals surface area contributed by atoms with Crippen LogP contribution in [0.15, 0.2) is 27.7 Å². The molecule has 0 saturated carbocycles. The molecule has 4 heteroatoms. The Bertz CT molecular complexity index is 367. The number of thiazole rings is 1. The lowest BCUT2D eigenvalue weighted by Gasteiger charge is -2.11. The molecule has 2 aromatic heterocycles. The van der Waals surface area contributed by atoms with Gasteiger partial charge in [-0.2, -0.15) is 11.3 Å². The first-order chi connectivity index (χ1) is 7.36. The topological polar surface area (TPSA) is 24.9 Å². The molecule has 0 radical (unpaired) electrons. The van der Waals surface area contributed by atoms with Crippen molar-refractivity contribution in [3.63, 3.8) is 0 Å². The lowest BCUT2D eigenvalue weighted by molar-refractivity contribution is 0.576. The smallest absolute Gasteiger partial charge is 0.0794 e. The molecule has 1 atom stereocenters. The third kappa shape index (κ3) is 3.12. The van der Waals surface area contributed by atoms with Crippen molar-refractivity contribution in [2.45, 2.75) is 19.4 Å². The molecule has 0 bridgehead atoms. The minimum absolute atomic E-state index is 0.440. The van der Waals surface area contributed by atoms with Crippen LogP contribution in [0, 0.1) is 0 Å². The van der Waals surface area contributed by atoms with Gasteiger partial charge in [0.15, 0.2) is 0 Å². The molecule has 2 nitrogen and oxygen atoms in total. The molecule has 1 N–H and O–H groups in total. The maximum atomic E-state index is 4.26. The summed E-state index contributed by atoms with van der Waals surface area (Å²) in [5, 5.41) is 9.92. The van der Waals surface area contributed by atoms with E-state index in [9.17, 15) is 0 Å². The predicted octanol–water partition coefficient (Wildman–Crippen LogP) is 3.10. The molecule has 80 valence electrons. The van der Waals surface area contributed by atoms with E-state index in [0.717, 1.165) is 13.0 Å². The van der Waals surface area contributed by atoms with Gasteiger partial charge in [0.1, 0.15) is 0 Å². The second-order valence-corrected chi connectivity index (χ2v) is 4.96. The highest BCUT2D eigenvalue weighted by atomic mass is 32.1. The van der Waals surface area contributed by atoms with E-state index in [-0.39, 0.29) is 0 Å². The Hall–Kier alpha value is -0.710. The fourth-order valence-corrected chi connectivity index (χ4v) is 2.76. The molecule has 0 aliphatic heterocycles. The Morgan fingerprint density at radius 2 is 2.33 bits per heavy atom. The summed E-state index contributed by atoms with van der Waals surface area (Å²) in [5.74, 6) is 0. The van der Waals surface area contributed by atoms with Gasteiger partial charge in [0.05, 0.1) is 11.2 Å². The molecule has 0 aliphatic rings. The summed E-state index contributed by atoms with van der Waals surface area (Å²) >= 11 is 3.41. The summed E-state index contributed by atoms with van der Waals surface area (Å²) in [6, 6.07) is 2.61. The summed E-state index contributed by atoms with van der Waals surface area (Å²) in [5.41, 5.74) is 4.45. The Morgan fingerprint density at radius 1 is 1.40 bits per heavy atom. The SMILES string of the molecule is CC(NCCc1cscn1)c1ccsc1. The van der Waals surface area contributed by atoms with Crippen LogP contribution < -0.4 is 5.32 Å². The summed E-state index contributed by atoms with van der Waals surface area (Å²) in [7, 11) is 0. The monoisotopic (exact) mass is 238 g/mol. The Labute approximate surface area is 98.0 Å². The average Bonchev–Trinajstić information content (AvgIpc) is 2.90. The number of hydrogen-bond donors (Lipinski definition) is 1. The van der Waals surface area contributed by atoms with E-state index in [0.29, 0.717) is 6.04 Å². The van der Waals surface area contributed by atoms with E-state index in [1.165, 1.54) is 11.3 Å². The zero-order chi connectivity index (χ0) is 10.5. The second kappa shape index (κ2) is 5.39. The van der Waals surface area contributed by atoms with Crippen molar-refractivity contribution in [3.05, 3.63) is 39.0 Å². The number of rotatable bonds is 5. The van der Waals surface area contributed by atoms with Crippen LogP contribution in [0.1, 0.15) is 24.2 Å². The van der Waals surface area contributed by atoms with Gasteiger partial charge in [0, 0.05) is 24.4 Å². The van der Waals surface area contributed by atoms with Crippen molar-refractivity contribution in [2.75, 3.05) is 6.54 Å². The molecule has 0 spiro atoms. The van der Waals surface area contributed by atoms with Gasteiger partial charge in [-0.25, -0.2) is 4.98 Å². The van der Waals surface area contributed by atoms with Crippen LogP contribution in [-0.2, 0) is 6.42 Å². The van der Waals surface area contributed by atoms with E-state index in [1.54, 1.807) is 22.7 Å². The van der Waals surface area contributed by atoms with Crippen LogP contribution in [0.5, 0.6) is 0 Å². The third-order valence-electron chi connectivity index (χ3n) is 2.36. The zero-order valence-electron chi connectivity index (χ0n) is 8.64. The maximum absolute atomic E-state index is 4.26. The highest BCUT2D eigenvalue weighted by molar-refractivity contribution is 7.08. The number of nitrogens with one attached hydrogen (secondary N) is 1. The summed E-state index contributed by atoms with van der Waals surface area (Å²) in [6.07, 6.45) is 1.01. The first-order valence-corrected chi connectivity index (χ1v) is 6.87. The molecule has 2 rings (SSSR count). The maximum Gasteiger partial charge on any atom is 0.0794 e. The molecule has 2 aromatic rings. The van der Waals surface area contributed by atoms with Crippen LogP contribution in [0.2, 0.25) is 0 Å². The van der Waals surface area contributed by atoms with Gasteiger partial charge in [0.2, 0.25) is 0 Å². The van der Waals surface area contributed by atoms with Gasteiger partial charge in [-0.1, -0.05) is 0 Å². The van der Waals surface area contributed by atoms with Crippen LogP contribution >= 0.6 is 22.7 Å². The molecular formula is C11H14N2S2. The standard InChI is InChI=1S/C11H14N2S2/c1-9(10-3-5-14-6-10)12-4-2-11-7-15-8-13-11/h3,5-9,12H,2,4H2,1H3. The lowest BCUT2D eigenvalue weighted by atomic mass is 10.2. The first-order valence-electron chi connectivity index (χ1n) is 4.99. The van der Waals surface area contributed by atoms with Crippen LogP contribution in [0.4, 0.5) is 0 Å². The van der Waals surface area contributed by atoms with E-state index in [2.05, 4.69) is 39.4 Å². The van der Waals surface area contributed by atoms with Gasteiger partial charge in [-0.3, -0.25) is 0 Å². The Kier molecular flexibility index (Phi) is 3.88. The minimum Gasteiger partial charge on any atom is -0.310 e. The molecule has 1 unspecified atom stereocenters. The fourth-order valence-electron chi connectivity index (χ4n) is 1.42. The van der Waals surface area contributed by atoms with E-state index in [1.807, 2.05) is 5.51 Å². The molecular weight excluding hydrogens is 224 g/mol. The Morgan fingerprint density at radius 3 is 3.00 bits per heavy atom. The molecule has 0 aliphatic carbocycles. The number of thiophene rings is 1. The molecule has 0 fully saturated rings. The van der Waals surface area contributed by atoms with Gasteiger partial charge < -0.3 is 5.32 Å². The third-order valence-corrected chi connectivity index (χ3v) is 3.70. The summed E-state index contributed by atoms with van der Waals surface area (Å²) in [4.78, 5) is 4.26. The van der Waals surface area contributed by atoms with Crippen LogP contribution in [0.3, 0.4) is 0 Å². The highest BCUT2D eigenvalue weighted by Crippen LogP contribution is 2.15. The van der Waals surface area contributed by atoms with Crippen molar-refractivity contribution in [1.29, 1.82) is 0 Å². The quantitative estimate of drug-likeness (QED) is 0.866.